The smallest absolute Gasteiger partial charge is 0.343 e. The monoisotopic (exact) mass is 406 g/mol. The molecule has 8 heteroatoms. The number of carbonyl (C=O) groups excluding carboxylic acids is 1. The third-order valence-corrected chi connectivity index (χ3v) is 5.13. The number of fused-ring (bicyclic) bond motifs is 1. The Morgan fingerprint density at radius 1 is 1.34 bits per heavy atom. The average molecular weight is 406 g/mol. The molecule has 1 aliphatic rings. The van der Waals surface area contributed by atoms with Crippen LogP contribution in [0.15, 0.2) is 36.9 Å². The lowest BCUT2D eigenvalue weighted by molar-refractivity contribution is -0.137. The maximum atomic E-state index is 12.7. The van der Waals surface area contributed by atoms with Crippen molar-refractivity contribution in [3.05, 3.63) is 65.0 Å². The van der Waals surface area contributed by atoms with Gasteiger partial charge in [-0.2, -0.15) is 18.3 Å². The molecule has 0 radical (unpaired) electrons. The first-order valence-electron chi connectivity index (χ1n) is 9.51. The molecule has 2 aromatic rings. The van der Waals surface area contributed by atoms with Crippen LogP contribution >= 0.6 is 0 Å². The Labute approximate surface area is 168 Å². The molecule has 5 nitrogen and oxygen atoms in total. The molecular formula is C21H25F3N4O. The molecule has 1 unspecified atom stereocenters. The number of nitrogens with one attached hydrogen (secondary N) is 1. The molecule has 1 heterocycles. The second-order valence-electron chi connectivity index (χ2n) is 7.46. The van der Waals surface area contributed by atoms with E-state index in [1.54, 1.807) is 20.2 Å². The molecule has 0 aliphatic heterocycles. The normalized spacial score (nSPS) is 16.4. The molecule has 0 spiro atoms. The highest BCUT2D eigenvalue weighted by Crippen LogP contribution is 2.29. The van der Waals surface area contributed by atoms with Gasteiger partial charge in [0.1, 0.15) is 0 Å². The molecule has 156 valence electrons. The Bertz CT molecular complexity index is 885. The predicted octanol–water partition coefficient (Wildman–Crippen LogP) is 3.44. The van der Waals surface area contributed by atoms with Crippen LogP contribution in [0.2, 0.25) is 0 Å². The molecule has 1 aliphatic carbocycles. The van der Waals surface area contributed by atoms with Crippen LogP contribution in [0.3, 0.4) is 0 Å². The zero-order chi connectivity index (χ0) is 21.2. The first kappa shape index (κ1) is 21.1. The van der Waals surface area contributed by atoms with E-state index in [0.29, 0.717) is 25.2 Å². The van der Waals surface area contributed by atoms with Gasteiger partial charge < -0.3 is 10.2 Å². The van der Waals surface area contributed by atoms with Crippen molar-refractivity contribution >= 4 is 5.91 Å². The van der Waals surface area contributed by atoms with Gasteiger partial charge in [-0.3, -0.25) is 9.48 Å². The van der Waals surface area contributed by atoms with Crippen molar-refractivity contribution in [2.45, 2.75) is 44.6 Å². The first-order chi connectivity index (χ1) is 13.7. The highest BCUT2D eigenvalue weighted by molar-refractivity contribution is 5.93. The van der Waals surface area contributed by atoms with E-state index in [4.69, 9.17) is 0 Å². The summed E-state index contributed by atoms with van der Waals surface area (Å²) >= 11 is 0. The van der Waals surface area contributed by atoms with Crippen LogP contribution in [0.4, 0.5) is 13.2 Å². The lowest BCUT2D eigenvalue weighted by atomic mass is 9.91. The molecule has 29 heavy (non-hydrogen) atoms. The van der Waals surface area contributed by atoms with Crippen LogP contribution in [0.1, 0.15) is 39.3 Å². The van der Waals surface area contributed by atoms with Crippen molar-refractivity contribution < 1.29 is 18.0 Å². The molecular weight excluding hydrogens is 381 g/mol. The van der Waals surface area contributed by atoms with Crippen molar-refractivity contribution in [2.24, 2.45) is 0 Å². The summed E-state index contributed by atoms with van der Waals surface area (Å²) in [6.45, 7) is 4.77. The molecule has 1 N–H and O–H groups in total. The highest BCUT2D eigenvalue weighted by Gasteiger charge is 2.31. The van der Waals surface area contributed by atoms with Gasteiger partial charge in [0.2, 0.25) is 0 Å². The predicted molar refractivity (Wildman–Crippen MR) is 105 cm³/mol. The van der Waals surface area contributed by atoms with E-state index in [9.17, 15) is 18.0 Å². The van der Waals surface area contributed by atoms with Crippen LogP contribution in [-0.4, -0.2) is 40.7 Å². The van der Waals surface area contributed by atoms with Crippen molar-refractivity contribution in [3.8, 4) is 0 Å². The number of carbonyl (C=O) groups is 1. The third-order valence-electron chi connectivity index (χ3n) is 5.13. The molecule has 3 rings (SSSR count). The number of amides is 1. The van der Waals surface area contributed by atoms with Crippen molar-refractivity contribution in [1.82, 2.24) is 20.0 Å². The van der Waals surface area contributed by atoms with Gasteiger partial charge in [0.05, 0.1) is 12.1 Å². The van der Waals surface area contributed by atoms with Crippen molar-refractivity contribution in [3.63, 3.8) is 0 Å². The van der Waals surface area contributed by atoms with Gasteiger partial charge in [-0.25, -0.2) is 0 Å². The SMILES string of the molecule is C=CCn1nc(C(=O)N(C)C)c2c1CCC(NCc1ccc(C(F)(F)F)cc1)C2. The summed E-state index contributed by atoms with van der Waals surface area (Å²) in [5.74, 6) is -0.132. The van der Waals surface area contributed by atoms with E-state index in [2.05, 4.69) is 17.0 Å². The van der Waals surface area contributed by atoms with Gasteiger partial charge in [-0.15, -0.1) is 6.58 Å². The van der Waals surface area contributed by atoms with Crippen LogP contribution in [0, 0.1) is 0 Å². The van der Waals surface area contributed by atoms with Crippen LogP contribution in [-0.2, 0) is 32.1 Å². The number of rotatable bonds is 6. The molecule has 0 saturated carbocycles. The number of hydrogen-bond donors (Lipinski definition) is 1. The lowest BCUT2D eigenvalue weighted by Gasteiger charge is -2.25. The Kier molecular flexibility index (Phi) is 6.12. The largest absolute Gasteiger partial charge is 0.416 e. The standard InChI is InChI=1S/C21H25F3N4O/c1-4-11-28-18-10-9-16(12-17(18)19(26-28)20(29)27(2)3)25-13-14-5-7-15(8-6-14)21(22,23)24/h4-8,16,25H,1,9-13H2,2-3H3. The first-order valence-corrected chi connectivity index (χ1v) is 9.51. The third kappa shape index (κ3) is 4.70. The molecule has 1 aromatic heterocycles. The molecule has 1 aromatic carbocycles. The minimum atomic E-state index is -4.33. The van der Waals surface area contributed by atoms with E-state index in [1.807, 2.05) is 4.68 Å². The Morgan fingerprint density at radius 2 is 2.03 bits per heavy atom. The fraction of sp³-hybridized carbons (Fsp3) is 0.429. The second-order valence-corrected chi connectivity index (χ2v) is 7.46. The number of nitrogens with zero attached hydrogens (tertiary/aromatic N) is 3. The number of allylic oxidation sites excluding steroid dienone is 1. The maximum Gasteiger partial charge on any atom is 0.416 e. The molecule has 0 fully saturated rings. The van der Waals surface area contributed by atoms with Gasteiger partial charge in [-0.05, 0) is 37.0 Å². The molecule has 1 amide bonds. The van der Waals surface area contributed by atoms with E-state index >= 15 is 0 Å². The van der Waals surface area contributed by atoms with E-state index in [1.165, 1.54) is 17.0 Å². The van der Waals surface area contributed by atoms with Crippen molar-refractivity contribution in [1.29, 1.82) is 0 Å². The lowest BCUT2D eigenvalue weighted by Crippen LogP contribution is -2.35. The maximum absolute atomic E-state index is 12.7. The Balaban J connectivity index is 1.71. The number of benzene rings is 1. The summed E-state index contributed by atoms with van der Waals surface area (Å²) in [6.07, 6.45) is -0.269. The summed E-state index contributed by atoms with van der Waals surface area (Å²) in [4.78, 5) is 14.1. The average Bonchev–Trinajstić information content (AvgIpc) is 3.03. The second kappa shape index (κ2) is 8.41. The van der Waals surface area contributed by atoms with Crippen LogP contribution < -0.4 is 5.32 Å². The fourth-order valence-corrected chi connectivity index (χ4v) is 3.59. The van der Waals surface area contributed by atoms with Crippen LogP contribution in [0.25, 0.3) is 0 Å². The van der Waals surface area contributed by atoms with Crippen LogP contribution in [0.5, 0.6) is 0 Å². The Hall–Kier alpha value is -2.61. The summed E-state index contributed by atoms with van der Waals surface area (Å²) < 4.78 is 39.9. The molecule has 1 atom stereocenters. The highest BCUT2D eigenvalue weighted by atomic mass is 19.4. The van der Waals surface area contributed by atoms with E-state index in [0.717, 1.165) is 41.8 Å². The topological polar surface area (TPSA) is 50.2 Å². The number of hydrogen-bond acceptors (Lipinski definition) is 3. The van der Waals surface area contributed by atoms with Gasteiger partial charge in [-0.1, -0.05) is 18.2 Å². The molecule has 0 saturated heterocycles. The van der Waals surface area contributed by atoms with Gasteiger partial charge in [0.25, 0.3) is 5.91 Å². The zero-order valence-corrected chi connectivity index (χ0v) is 16.6. The number of aromatic nitrogens is 2. The van der Waals surface area contributed by atoms with Gasteiger partial charge in [0, 0.05) is 37.9 Å². The van der Waals surface area contributed by atoms with E-state index < -0.39 is 11.7 Å². The van der Waals surface area contributed by atoms with E-state index in [-0.39, 0.29) is 11.9 Å². The summed E-state index contributed by atoms with van der Waals surface area (Å²) in [6, 6.07) is 5.31. The van der Waals surface area contributed by atoms with Crippen molar-refractivity contribution in [2.75, 3.05) is 14.1 Å². The minimum absolute atomic E-state index is 0.125. The summed E-state index contributed by atoms with van der Waals surface area (Å²) in [5, 5.41) is 7.92. The quantitative estimate of drug-likeness (QED) is 0.748. The van der Waals surface area contributed by atoms with Gasteiger partial charge >= 0.3 is 6.18 Å². The number of alkyl halides is 3. The summed E-state index contributed by atoms with van der Waals surface area (Å²) in [7, 11) is 3.40. The minimum Gasteiger partial charge on any atom is -0.343 e. The van der Waals surface area contributed by atoms with Gasteiger partial charge in [0.15, 0.2) is 5.69 Å². The fourth-order valence-electron chi connectivity index (χ4n) is 3.59. The number of halogens is 3. The zero-order valence-electron chi connectivity index (χ0n) is 16.6. The Morgan fingerprint density at radius 3 is 2.62 bits per heavy atom. The summed E-state index contributed by atoms with van der Waals surface area (Å²) in [5.41, 5.74) is 2.61. The molecule has 0 bridgehead atoms.